The summed E-state index contributed by atoms with van der Waals surface area (Å²) in [6, 6.07) is 23.9. The van der Waals surface area contributed by atoms with E-state index < -0.39 is 6.04 Å². The maximum absolute atomic E-state index is 13.7. The minimum atomic E-state index is -0.435. The highest BCUT2D eigenvalue weighted by atomic mass is 35.5. The fraction of sp³-hybridized carbons (Fsp3) is 0.222. The molecule has 5 nitrogen and oxygen atoms in total. The fourth-order valence-corrected chi connectivity index (χ4v) is 4.32. The van der Waals surface area contributed by atoms with E-state index in [0.717, 1.165) is 5.56 Å². The molecule has 0 aliphatic rings. The summed E-state index contributed by atoms with van der Waals surface area (Å²) in [6.45, 7) is 4.76. The van der Waals surface area contributed by atoms with Crippen molar-refractivity contribution in [2.24, 2.45) is 0 Å². The zero-order chi connectivity index (χ0) is 23.4. The van der Waals surface area contributed by atoms with E-state index in [-0.39, 0.29) is 11.5 Å². The number of para-hydroxylation sites is 1. The monoisotopic (exact) mass is 459 g/mol. The van der Waals surface area contributed by atoms with E-state index in [2.05, 4.69) is 0 Å². The van der Waals surface area contributed by atoms with Gasteiger partial charge in [-0.05, 0) is 50.1 Å². The molecule has 3 aromatic carbocycles. The van der Waals surface area contributed by atoms with Gasteiger partial charge in [-0.2, -0.15) is 0 Å². The van der Waals surface area contributed by atoms with E-state index in [9.17, 15) is 9.59 Å². The van der Waals surface area contributed by atoms with Crippen LogP contribution in [0.2, 0.25) is 5.02 Å². The molecule has 168 valence electrons. The molecule has 0 fully saturated rings. The van der Waals surface area contributed by atoms with Crippen LogP contribution in [0.15, 0.2) is 83.7 Å². The molecular weight excluding hydrogens is 434 g/mol. The van der Waals surface area contributed by atoms with Gasteiger partial charge in [-0.25, -0.2) is 4.98 Å². The van der Waals surface area contributed by atoms with Crippen LogP contribution >= 0.6 is 11.6 Å². The SMILES string of the molecule is CCn1c(C(C)N(CCc2ccccc2)C(=O)c2ccccc2Cl)nc2ccccc2c1=O. The normalized spacial score (nSPS) is 12.0. The van der Waals surface area contributed by atoms with Crippen molar-refractivity contribution in [3.63, 3.8) is 0 Å². The lowest BCUT2D eigenvalue weighted by Gasteiger charge is -2.31. The second-order valence-corrected chi connectivity index (χ2v) is 8.33. The lowest BCUT2D eigenvalue weighted by Crippen LogP contribution is -2.39. The number of fused-ring (bicyclic) bond motifs is 1. The van der Waals surface area contributed by atoms with Crippen molar-refractivity contribution in [1.29, 1.82) is 0 Å². The van der Waals surface area contributed by atoms with E-state index in [4.69, 9.17) is 16.6 Å². The van der Waals surface area contributed by atoms with E-state index in [1.54, 1.807) is 39.8 Å². The van der Waals surface area contributed by atoms with Crippen LogP contribution in [0.4, 0.5) is 0 Å². The van der Waals surface area contributed by atoms with Gasteiger partial charge in [0.2, 0.25) is 0 Å². The van der Waals surface area contributed by atoms with Crippen molar-refractivity contribution in [1.82, 2.24) is 14.5 Å². The molecule has 1 aromatic heterocycles. The molecule has 0 saturated carbocycles. The number of aromatic nitrogens is 2. The van der Waals surface area contributed by atoms with Crippen LogP contribution in [0, 0.1) is 0 Å². The number of benzene rings is 3. The molecule has 1 heterocycles. The average molecular weight is 460 g/mol. The molecule has 4 aromatic rings. The third-order valence-corrected chi connectivity index (χ3v) is 6.23. The third kappa shape index (κ3) is 4.69. The largest absolute Gasteiger partial charge is 0.328 e. The summed E-state index contributed by atoms with van der Waals surface area (Å²) in [6.07, 6.45) is 0.672. The zero-order valence-corrected chi connectivity index (χ0v) is 19.5. The van der Waals surface area contributed by atoms with Crippen molar-refractivity contribution >= 4 is 28.4 Å². The van der Waals surface area contributed by atoms with Gasteiger partial charge in [0.15, 0.2) is 0 Å². The van der Waals surface area contributed by atoms with E-state index in [0.29, 0.717) is 46.8 Å². The molecule has 4 rings (SSSR count). The highest BCUT2D eigenvalue weighted by molar-refractivity contribution is 6.33. The van der Waals surface area contributed by atoms with Crippen LogP contribution in [-0.2, 0) is 13.0 Å². The predicted molar refractivity (Wildman–Crippen MR) is 133 cm³/mol. The summed E-state index contributed by atoms with van der Waals surface area (Å²) < 4.78 is 1.66. The molecule has 1 unspecified atom stereocenters. The second kappa shape index (κ2) is 10.0. The van der Waals surface area contributed by atoms with Crippen LogP contribution in [0.25, 0.3) is 10.9 Å². The lowest BCUT2D eigenvalue weighted by atomic mass is 10.1. The third-order valence-electron chi connectivity index (χ3n) is 5.90. The molecule has 0 saturated heterocycles. The highest BCUT2D eigenvalue weighted by Crippen LogP contribution is 2.25. The van der Waals surface area contributed by atoms with Gasteiger partial charge in [-0.15, -0.1) is 0 Å². The van der Waals surface area contributed by atoms with Crippen LogP contribution in [0.1, 0.15) is 41.6 Å². The Morgan fingerprint density at radius 3 is 2.39 bits per heavy atom. The summed E-state index contributed by atoms with van der Waals surface area (Å²) in [5, 5.41) is 0.974. The van der Waals surface area contributed by atoms with Crippen LogP contribution in [0.3, 0.4) is 0 Å². The van der Waals surface area contributed by atoms with Crippen molar-refractivity contribution in [2.45, 2.75) is 32.9 Å². The number of halogens is 1. The van der Waals surface area contributed by atoms with Gasteiger partial charge in [0.05, 0.1) is 27.5 Å². The summed E-state index contributed by atoms with van der Waals surface area (Å²) in [4.78, 5) is 33.4. The van der Waals surface area contributed by atoms with E-state index in [1.165, 1.54) is 0 Å². The summed E-state index contributed by atoms with van der Waals surface area (Å²) in [7, 11) is 0. The molecule has 0 radical (unpaired) electrons. The Labute approximate surface area is 198 Å². The number of carbonyl (C=O) groups is 1. The smallest absolute Gasteiger partial charge is 0.261 e. The maximum atomic E-state index is 13.7. The molecule has 1 atom stereocenters. The van der Waals surface area contributed by atoms with Crippen LogP contribution in [-0.4, -0.2) is 26.9 Å². The Morgan fingerprint density at radius 1 is 1.00 bits per heavy atom. The first kappa shape index (κ1) is 22.7. The predicted octanol–water partition coefficient (Wildman–Crippen LogP) is 5.52. The van der Waals surface area contributed by atoms with E-state index in [1.807, 2.05) is 62.4 Å². The van der Waals surface area contributed by atoms with Crippen molar-refractivity contribution in [3.8, 4) is 0 Å². The number of amides is 1. The van der Waals surface area contributed by atoms with Gasteiger partial charge >= 0.3 is 0 Å². The van der Waals surface area contributed by atoms with Gasteiger partial charge in [-0.1, -0.05) is 66.2 Å². The quantitative estimate of drug-likeness (QED) is 0.366. The Morgan fingerprint density at radius 2 is 1.67 bits per heavy atom. The minimum absolute atomic E-state index is 0.0989. The van der Waals surface area contributed by atoms with Crippen molar-refractivity contribution < 1.29 is 4.79 Å². The van der Waals surface area contributed by atoms with Crippen LogP contribution < -0.4 is 5.56 Å². The summed E-state index contributed by atoms with van der Waals surface area (Å²) in [5.41, 5.74) is 2.09. The number of hydrogen-bond donors (Lipinski definition) is 0. The van der Waals surface area contributed by atoms with Gasteiger partial charge in [0.25, 0.3) is 11.5 Å². The van der Waals surface area contributed by atoms with Gasteiger partial charge in [0, 0.05) is 13.1 Å². The average Bonchev–Trinajstić information content (AvgIpc) is 2.84. The van der Waals surface area contributed by atoms with Crippen LogP contribution in [0.5, 0.6) is 0 Å². The highest BCUT2D eigenvalue weighted by Gasteiger charge is 2.27. The molecule has 6 heteroatoms. The van der Waals surface area contributed by atoms with Gasteiger partial charge < -0.3 is 4.90 Å². The first-order valence-corrected chi connectivity index (χ1v) is 11.5. The first-order chi connectivity index (χ1) is 16.0. The molecule has 0 aliphatic carbocycles. The van der Waals surface area contributed by atoms with Gasteiger partial charge in [0.1, 0.15) is 5.82 Å². The standard InChI is InChI=1S/C27H26ClN3O2/c1-3-30-25(29-24-16-10-8-14-22(24)27(30)33)19(2)31(18-17-20-11-5-4-6-12-20)26(32)21-13-7-9-15-23(21)28/h4-16,19H,3,17-18H2,1-2H3. The number of hydrogen-bond acceptors (Lipinski definition) is 3. The first-order valence-electron chi connectivity index (χ1n) is 11.1. The number of carbonyl (C=O) groups excluding carboxylic acids is 1. The lowest BCUT2D eigenvalue weighted by molar-refractivity contribution is 0.0681. The molecule has 0 aliphatic heterocycles. The summed E-state index contributed by atoms with van der Waals surface area (Å²) >= 11 is 6.37. The van der Waals surface area contributed by atoms with Gasteiger partial charge in [-0.3, -0.25) is 14.2 Å². The molecule has 33 heavy (non-hydrogen) atoms. The minimum Gasteiger partial charge on any atom is -0.328 e. The van der Waals surface area contributed by atoms with Crippen molar-refractivity contribution in [2.75, 3.05) is 6.54 Å². The Balaban J connectivity index is 1.78. The zero-order valence-electron chi connectivity index (χ0n) is 18.7. The second-order valence-electron chi connectivity index (χ2n) is 7.93. The molecule has 0 spiro atoms. The van der Waals surface area contributed by atoms with Crippen molar-refractivity contribution in [3.05, 3.63) is 111 Å². The maximum Gasteiger partial charge on any atom is 0.261 e. The number of rotatable bonds is 7. The Bertz CT molecular complexity index is 1330. The topological polar surface area (TPSA) is 55.2 Å². The number of nitrogens with zero attached hydrogens (tertiary/aromatic N) is 3. The molecule has 0 bridgehead atoms. The summed E-state index contributed by atoms with van der Waals surface area (Å²) in [5.74, 6) is 0.378. The molecular formula is C27H26ClN3O2. The molecule has 1 amide bonds. The Kier molecular flexibility index (Phi) is 6.90. The fourth-order valence-electron chi connectivity index (χ4n) is 4.10. The van der Waals surface area contributed by atoms with E-state index >= 15 is 0 Å². The molecule has 0 N–H and O–H groups in total. The Hall–Kier alpha value is -3.44.